The second kappa shape index (κ2) is 11.5. The lowest BCUT2D eigenvalue weighted by Gasteiger charge is -2.23. The number of hydrogen-bond acceptors (Lipinski definition) is 6. The molecule has 180 valence electrons. The van der Waals surface area contributed by atoms with Crippen molar-refractivity contribution < 1.29 is 23.7 Å². The van der Waals surface area contributed by atoms with E-state index in [1.807, 2.05) is 29.2 Å². The van der Waals surface area contributed by atoms with Crippen molar-refractivity contribution in [3.8, 4) is 23.0 Å². The molecule has 33 heavy (non-hydrogen) atoms. The van der Waals surface area contributed by atoms with E-state index in [1.54, 1.807) is 14.2 Å². The Labute approximate surface area is 202 Å². The number of amides is 1. The number of carbonyl (C=O) groups excluding carboxylic acids is 1. The van der Waals surface area contributed by atoms with Crippen molar-refractivity contribution in [1.29, 1.82) is 0 Å². The van der Waals surface area contributed by atoms with E-state index >= 15 is 0 Å². The summed E-state index contributed by atoms with van der Waals surface area (Å²) in [6.45, 7) is 3.68. The molecule has 0 saturated carbocycles. The van der Waals surface area contributed by atoms with Crippen LogP contribution in [0.3, 0.4) is 0 Å². The fourth-order valence-electron chi connectivity index (χ4n) is 4.31. The topological polar surface area (TPSA) is 60.5 Å². The van der Waals surface area contributed by atoms with Gasteiger partial charge in [-0.1, -0.05) is 6.07 Å². The van der Waals surface area contributed by atoms with Gasteiger partial charge in [0.1, 0.15) is 0 Å². The molecule has 1 amide bonds. The summed E-state index contributed by atoms with van der Waals surface area (Å²) in [5.41, 5.74) is 3.47. The number of halogens is 1. The summed E-state index contributed by atoms with van der Waals surface area (Å²) < 4.78 is 21.7. The van der Waals surface area contributed by atoms with Crippen molar-refractivity contribution in [2.24, 2.45) is 0 Å². The third-order valence-corrected chi connectivity index (χ3v) is 6.24. The highest BCUT2D eigenvalue weighted by molar-refractivity contribution is 5.85. The molecule has 0 radical (unpaired) electrons. The van der Waals surface area contributed by atoms with Crippen LogP contribution in [0.15, 0.2) is 30.3 Å². The largest absolute Gasteiger partial charge is 0.493 e. The fraction of sp³-hybridized carbons (Fsp3) is 0.480. The third-order valence-electron chi connectivity index (χ3n) is 6.24. The first kappa shape index (κ1) is 25.0. The summed E-state index contributed by atoms with van der Waals surface area (Å²) in [5.74, 6) is 3.24. The molecule has 2 aliphatic heterocycles. The minimum Gasteiger partial charge on any atom is -0.493 e. The smallest absolute Gasteiger partial charge is 0.231 e. The minimum absolute atomic E-state index is 0. The minimum atomic E-state index is 0. The first-order chi connectivity index (χ1) is 15.6. The van der Waals surface area contributed by atoms with Gasteiger partial charge in [0.25, 0.3) is 0 Å². The predicted octanol–water partition coefficient (Wildman–Crippen LogP) is 3.35. The van der Waals surface area contributed by atoms with Crippen LogP contribution in [0.2, 0.25) is 0 Å². The summed E-state index contributed by atoms with van der Waals surface area (Å²) in [6, 6.07) is 10.1. The summed E-state index contributed by atoms with van der Waals surface area (Å²) in [6.07, 6.45) is 3.17. The molecule has 2 aliphatic rings. The van der Waals surface area contributed by atoms with Crippen LogP contribution in [-0.4, -0.2) is 69.9 Å². The maximum absolute atomic E-state index is 12.8. The first-order valence-electron chi connectivity index (χ1n) is 11.2. The Morgan fingerprint density at radius 3 is 2.45 bits per heavy atom. The van der Waals surface area contributed by atoms with Crippen molar-refractivity contribution in [1.82, 2.24) is 9.80 Å². The SMILES string of the molecule is COc1ccc(CCN(C)CCCN2CCc3cc4c(cc3CC2=O)OCO4)cc1OC.Cl. The monoisotopic (exact) mass is 476 g/mol. The summed E-state index contributed by atoms with van der Waals surface area (Å²) in [5, 5.41) is 0. The Kier molecular flexibility index (Phi) is 8.69. The van der Waals surface area contributed by atoms with E-state index in [2.05, 4.69) is 18.0 Å². The van der Waals surface area contributed by atoms with E-state index < -0.39 is 0 Å². The Bertz CT molecular complexity index is 968. The molecule has 0 spiro atoms. The van der Waals surface area contributed by atoms with Gasteiger partial charge in [0, 0.05) is 19.6 Å². The maximum atomic E-state index is 12.8. The van der Waals surface area contributed by atoms with Gasteiger partial charge >= 0.3 is 0 Å². The molecule has 0 saturated heterocycles. The Balaban J connectivity index is 0.00000306. The first-order valence-corrected chi connectivity index (χ1v) is 11.2. The summed E-state index contributed by atoms with van der Waals surface area (Å²) in [7, 11) is 5.43. The van der Waals surface area contributed by atoms with Crippen molar-refractivity contribution in [2.45, 2.75) is 25.7 Å². The highest BCUT2D eigenvalue weighted by Crippen LogP contribution is 2.36. The number of likely N-dealkylation sites (N-methyl/N-ethyl adjacent to an activating group) is 1. The lowest BCUT2D eigenvalue weighted by Crippen LogP contribution is -2.35. The quantitative estimate of drug-likeness (QED) is 0.553. The van der Waals surface area contributed by atoms with Gasteiger partial charge < -0.3 is 28.7 Å². The molecule has 0 N–H and O–H groups in total. The van der Waals surface area contributed by atoms with Crippen LogP contribution in [0.4, 0.5) is 0 Å². The summed E-state index contributed by atoms with van der Waals surface area (Å²) in [4.78, 5) is 17.1. The lowest BCUT2D eigenvalue weighted by atomic mass is 10.0. The van der Waals surface area contributed by atoms with E-state index in [0.29, 0.717) is 6.42 Å². The Morgan fingerprint density at radius 1 is 1.00 bits per heavy atom. The van der Waals surface area contributed by atoms with E-state index in [4.69, 9.17) is 18.9 Å². The van der Waals surface area contributed by atoms with E-state index in [1.165, 1.54) is 11.1 Å². The van der Waals surface area contributed by atoms with Gasteiger partial charge in [-0.25, -0.2) is 0 Å². The molecule has 0 bridgehead atoms. The van der Waals surface area contributed by atoms with Crippen molar-refractivity contribution in [3.05, 3.63) is 47.0 Å². The number of hydrogen-bond donors (Lipinski definition) is 0. The van der Waals surface area contributed by atoms with Crippen LogP contribution in [0.1, 0.15) is 23.1 Å². The van der Waals surface area contributed by atoms with Gasteiger partial charge in [0.15, 0.2) is 23.0 Å². The molecular formula is C25H33ClN2O5. The number of methoxy groups -OCH3 is 2. The van der Waals surface area contributed by atoms with Gasteiger partial charge in [-0.15, -0.1) is 12.4 Å². The van der Waals surface area contributed by atoms with Gasteiger partial charge in [-0.3, -0.25) is 4.79 Å². The van der Waals surface area contributed by atoms with Gasteiger partial charge in [-0.2, -0.15) is 0 Å². The molecule has 0 unspecified atom stereocenters. The number of benzene rings is 2. The van der Waals surface area contributed by atoms with Crippen molar-refractivity contribution in [2.75, 3.05) is 54.2 Å². The highest BCUT2D eigenvalue weighted by Gasteiger charge is 2.24. The van der Waals surface area contributed by atoms with Crippen LogP contribution in [0, 0.1) is 0 Å². The number of ether oxygens (including phenoxy) is 4. The molecule has 2 heterocycles. The molecule has 2 aromatic carbocycles. The molecule has 0 atom stereocenters. The molecule has 2 aromatic rings. The summed E-state index contributed by atoms with van der Waals surface area (Å²) >= 11 is 0. The average Bonchev–Trinajstić information content (AvgIpc) is 3.20. The predicted molar refractivity (Wildman–Crippen MR) is 129 cm³/mol. The lowest BCUT2D eigenvalue weighted by molar-refractivity contribution is -0.130. The molecule has 0 fully saturated rings. The molecule has 4 rings (SSSR count). The van der Waals surface area contributed by atoms with Crippen LogP contribution >= 0.6 is 12.4 Å². The zero-order chi connectivity index (χ0) is 22.5. The molecule has 7 nitrogen and oxygen atoms in total. The molecule has 0 aromatic heterocycles. The van der Waals surface area contributed by atoms with E-state index in [0.717, 1.165) is 74.0 Å². The Hall–Kier alpha value is -2.64. The normalized spacial score (nSPS) is 14.5. The van der Waals surface area contributed by atoms with Crippen LogP contribution in [0.5, 0.6) is 23.0 Å². The van der Waals surface area contributed by atoms with Gasteiger partial charge in [-0.05, 0) is 73.8 Å². The number of carbonyl (C=O) groups is 1. The average molecular weight is 477 g/mol. The Morgan fingerprint density at radius 2 is 1.73 bits per heavy atom. The van der Waals surface area contributed by atoms with Crippen molar-refractivity contribution >= 4 is 18.3 Å². The standard InChI is InChI=1S/C25H32N2O5.ClH/c1-26(11-7-18-5-6-21(29-2)22(13-18)30-3)9-4-10-27-12-8-19-14-23-24(32-17-31-23)15-20(19)16-25(27)28;/h5-6,13-15H,4,7-12,16-17H2,1-3H3;1H. The van der Waals surface area contributed by atoms with E-state index in [-0.39, 0.29) is 25.1 Å². The van der Waals surface area contributed by atoms with Gasteiger partial charge in [0.05, 0.1) is 20.6 Å². The zero-order valence-corrected chi connectivity index (χ0v) is 20.4. The second-order valence-corrected chi connectivity index (χ2v) is 8.38. The number of fused-ring (bicyclic) bond motifs is 2. The molecular weight excluding hydrogens is 444 g/mol. The molecule has 0 aliphatic carbocycles. The fourth-order valence-corrected chi connectivity index (χ4v) is 4.31. The number of nitrogens with zero attached hydrogens (tertiary/aromatic N) is 2. The zero-order valence-electron chi connectivity index (χ0n) is 19.6. The van der Waals surface area contributed by atoms with Crippen LogP contribution in [0.25, 0.3) is 0 Å². The maximum Gasteiger partial charge on any atom is 0.231 e. The van der Waals surface area contributed by atoms with Gasteiger partial charge in [0.2, 0.25) is 12.7 Å². The second-order valence-electron chi connectivity index (χ2n) is 8.38. The highest BCUT2D eigenvalue weighted by atomic mass is 35.5. The van der Waals surface area contributed by atoms with E-state index in [9.17, 15) is 4.79 Å². The van der Waals surface area contributed by atoms with Crippen LogP contribution in [-0.2, 0) is 24.1 Å². The number of rotatable bonds is 9. The van der Waals surface area contributed by atoms with Crippen LogP contribution < -0.4 is 18.9 Å². The molecule has 8 heteroatoms. The van der Waals surface area contributed by atoms with Crippen molar-refractivity contribution in [3.63, 3.8) is 0 Å². The third kappa shape index (κ3) is 6.03.